The monoisotopic (exact) mass is 426 g/mol. The van der Waals surface area contributed by atoms with Crippen molar-refractivity contribution in [1.82, 2.24) is 0 Å². The average molecular weight is 427 g/mol. The summed E-state index contributed by atoms with van der Waals surface area (Å²) in [6.45, 7) is 2.48. The van der Waals surface area contributed by atoms with E-state index in [2.05, 4.69) is 12.1 Å². The topological polar surface area (TPSA) is 57.2 Å². The first kappa shape index (κ1) is 22.4. The van der Waals surface area contributed by atoms with Crippen LogP contribution in [0, 0.1) is 0 Å². The largest absolute Gasteiger partial charge is 0.388 e. The van der Waals surface area contributed by atoms with Crippen LogP contribution in [-0.2, 0) is 38.6 Å². The van der Waals surface area contributed by atoms with Crippen molar-refractivity contribution in [1.29, 1.82) is 0 Å². The number of aliphatic hydroxyl groups is 1. The fourth-order valence-electron chi connectivity index (χ4n) is 4.26. The van der Waals surface area contributed by atoms with E-state index in [4.69, 9.17) is 18.9 Å². The molecule has 1 N–H and O–H groups in total. The van der Waals surface area contributed by atoms with Crippen LogP contribution in [-0.4, -0.2) is 30.9 Å². The second-order valence-corrected chi connectivity index (χ2v) is 8.40. The summed E-state index contributed by atoms with van der Waals surface area (Å²) in [6, 6.07) is 16.1. The van der Waals surface area contributed by atoms with Crippen molar-refractivity contribution in [3.63, 3.8) is 0 Å². The standard InChI is InChI=1S/C26H34O5/c27-24(23-12-4-3-11-22(23)19-31-26-14-6-8-16-29-26)17-20-9-1-2-10-21(20)18-30-25-13-5-7-15-28-25/h1-4,9-12,24-27H,5-8,13-19H2. The molecule has 4 rings (SSSR count). The number of hydrogen-bond donors (Lipinski definition) is 1. The molecule has 2 heterocycles. The van der Waals surface area contributed by atoms with Gasteiger partial charge in [-0.05, 0) is 60.8 Å². The molecule has 0 spiro atoms. The van der Waals surface area contributed by atoms with Gasteiger partial charge in [0.25, 0.3) is 0 Å². The molecule has 5 nitrogen and oxygen atoms in total. The zero-order valence-electron chi connectivity index (χ0n) is 18.2. The molecule has 0 radical (unpaired) electrons. The predicted octanol–water partition coefficient (Wildman–Crippen LogP) is 5.05. The summed E-state index contributed by atoms with van der Waals surface area (Å²) in [5.74, 6) is 0. The van der Waals surface area contributed by atoms with Crippen molar-refractivity contribution in [2.24, 2.45) is 0 Å². The van der Waals surface area contributed by atoms with Crippen molar-refractivity contribution in [3.05, 3.63) is 70.8 Å². The van der Waals surface area contributed by atoms with Crippen LogP contribution in [0.2, 0.25) is 0 Å². The summed E-state index contributed by atoms with van der Waals surface area (Å²) in [4.78, 5) is 0. The van der Waals surface area contributed by atoms with Crippen molar-refractivity contribution < 1.29 is 24.1 Å². The van der Waals surface area contributed by atoms with Crippen LogP contribution in [0.25, 0.3) is 0 Å². The molecule has 0 bridgehead atoms. The zero-order chi connectivity index (χ0) is 21.3. The third-order valence-corrected chi connectivity index (χ3v) is 6.07. The van der Waals surface area contributed by atoms with E-state index >= 15 is 0 Å². The van der Waals surface area contributed by atoms with E-state index < -0.39 is 6.10 Å². The molecule has 0 aliphatic carbocycles. The highest BCUT2D eigenvalue weighted by atomic mass is 16.7. The Morgan fingerprint density at radius 3 is 1.90 bits per heavy atom. The second kappa shape index (κ2) is 11.7. The van der Waals surface area contributed by atoms with E-state index in [1.807, 2.05) is 36.4 Å². The SMILES string of the molecule is OC(Cc1ccccc1COC1CCCCO1)c1ccccc1COC1CCCCO1. The molecule has 2 aromatic rings. The molecule has 2 saturated heterocycles. The quantitative estimate of drug-likeness (QED) is 0.608. The van der Waals surface area contributed by atoms with E-state index in [9.17, 15) is 5.11 Å². The maximum atomic E-state index is 11.1. The summed E-state index contributed by atoms with van der Waals surface area (Å²) >= 11 is 0. The normalized spacial score (nSPS) is 22.9. The van der Waals surface area contributed by atoms with Gasteiger partial charge in [0.1, 0.15) is 0 Å². The first-order valence-corrected chi connectivity index (χ1v) is 11.6. The minimum absolute atomic E-state index is 0.119. The van der Waals surface area contributed by atoms with Gasteiger partial charge in [-0.3, -0.25) is 0 Å². The van der Waals surface area contributed by atoms with Crippen LogP contribution in [0.3, 0.4) is 0 Å². The molecule has 0 amide bonds. The maximum absolute atomic E-state index is 11.1. The fourth-order valence-corrected chi connectivity index (χ4v) is 4.26. The second-order valence-electron chi connectivity index (χ2n) is 8.40. The Morgan fingerprint density at radius 1 is 0.742 bits per heavy atom. The van der Waals surface area contributed by atoms with Crippen LogP contribution >= 0.6 is 0 Å². The summed E-state index contributed by atoms with van der Waals surface area (Å²) in [5, 5.41) is 11.1. The van der Waals surface area contributed by atoms with Crippen LogP contribution in [0.1, 0.15) is 66.9 Å². The molecule has 2 aliphatic rings. The first-order valence-electron chi connectivity index (χ1n) is 11.6. The van der Waals surface area contributed by atoms with Crippen LogP contribution in [0.5, 0.6) is 0 Å². The van der Waals surface area contributed by atoms with Gasteiger partial charge in [-0.15, -0.1) is 0 Å². The molecule has 31 heavy (non-hydrogen) atoms. The number of hydrogen-bond acceptors (Lipinski definition) is 5. The first-order chi connectivity index (χ1) is 15.3. The van der Waals surface area contributed by atoms with E-state index in [-0.39, 0.29) is 12.6 Å². The molecule has 3 unspecified atom stereocenters. The van der Waals surface area contributed by atoms with Crippen molar-refractivity contribution >= 4 is 0 Å². The highest BCUT2D eigenvalue weighted by Gasteiger charge is 2.19. The van der Waals surface area contributed by atoms with Gasteiger partial charge in [-0.1, -0.05) is 48.5 Å². The number of ether oxygens (including phenoxy) is 4. The van der Waals surface area contributed by atoms with Crippen molar-refractivity contribution in [2.45, 2.75) is 76.8 Å². The van der Waals surface area contributed by atoms with Gasteiger partial charge >= 0.3 is 0 Å². The number of aliphatic hydroxyl groups excluding tert-OH is 1. The van der Waals surface area contributed by atoms with E-state index in [1.54, 1.807) is 0 Å². The minimum Gasteiger partial charge on any atom is -0.388 e. The molecule has 3 atom stereocenters. The lowest BCUT2D eigenvalue weighted by atomic mass is 9.95. The Kier molecular flexibility index (Phi) is 8.50. The Morgan fingerprint density at radius 2 is 1.29 bits per heavy atom. The smallest absolute Gasteiger partial charge is 0.158 e. The summed E-state index contributed by atoms with van der Waals surface area (Å²) in [5.41, 5.74) is 4.11. The van der Waals surface area contributed by atoms with E-state index in [0.29, 0.717) is 19.6 Å². The van der Waals surface area contributed by atoms with Gasteiger partial charge in [0, 0.05) is 19.6 Å². The van der Waals surface area contributed by atoms with Gasteiger partial charge in [0.05, 0.1) is 19.3 Å². The Bertz CT molecular complexity index is 796. The lowest BCUT2D eigenvalue weighted by Gasteiger charge is -2.24. The lowest BCUT2D eigenvalue weighted by Crippen LogP contribution is -2.22. The van der Waals surface area contributed by atoms with Gasteiger partial charge in [0.15, 0.2) is 12.6 Å². The Labute approximate surface area is 185 Å². The molecule has 168 valence electrons. The van der Waals surface area contributed by atoms with Crippen LogP contribution in [0.15, 0.2) is 48.5 Å². The molecule has 5 heteroatoms. The highest BCUT2D eigenvalue weighted by molar-refractivity contribution is 5.33. The molecular formula is C26H34O5. The summed E-state index contributed by atoms with van der Waals surface area (Å²) in [7, 11) is 0. The Hall–Kier alpha value is -1.76. The molecular weight excluding hydrogens is 392 g/mol. The number of rotatable bonds is 9. The molecule has 0 aromatic heterocycles. The molecule has 2 aromatic carbocycles. The van der Waals surface area contributed by atoms with Crippen molar-refractivity contribution in [2.75, 3.05) is 13.2 Å². The zero-order valence-corrected chi connectivity index (χ0v) is 18.2. The number of benzene rings is 2. The summed E-state index contributed by atoms with van der Waals surface area (Å²) < 4.78 is 23.3. The Balaban J connectivity index is 1.38. The highest BCUT2D eigenvalue weighted by Crippen LogP contribution is 2.26. The van der Waals surface area contributed by atoms with Crippen molar-refractivity contribution in [3.8, 4) is 0 Å². The minimum atomic E-state index is -0.612. The third-order valence-electron chi connectivity index (χ3n) is 6.07. The lowest BCUT2D eigenvalue weighted by molar-refractivity contribution is -0.169. The third kappa shape index (κ3) is 6.61. The van der Waals surface area contributed by atoms with Gasteiger partial charge in [-0.25, -0.2) is 0 Å². The maximum Gasteiger partial charge on any atom is 0.158 e. The van der Waals surface area contributed by atoms with Gasteiger partial charge < -0.3 is 24.1 Å². The average Bonchev–Trinajstić information content (AvgIpc) is 2.83. The molecule has 2 aliphatic heterocycles. The van der Waals surface area contributed by atoms with Gasteiger partial charge in [-0.2, -0.15) is 0 Å². The molecule has 2 fully saturated rings. The van der Waals surface area contributed by atoms with E-state index in [1.165, 1.54) is 0 Å². The molecule has 0 saturated carbocycles. The predicted molar refractivity (Wildman–Crippen MR) is 118 cm³/mol. The summed E-state index contributed by atoms with van der Waals surface area (Å²) in [6.07, 6.45) is 6.04. The van der Waals surface area contributed by atoms with Crippen LogP contribution < -0.4 is 0 Å². The fraction of sp³-hybridized carbons (Fsp3) is 0.538. The van der Waals surface area contributed by atoms with Crippen LogP contribution in [0.4, 0.5) is 0 Å². The van der Waals surface area contributed by atoms with E-state index in [0.717, 1.165) is 74.0 Å². The van der Waals surface area contributed by atoms with Gasteiger partial charge in [0.2, 0.25) is 0 Å².